The Morgan fingerprint density at radius 2 is 1.86 bits per heavy atom. The van der Waals surface area contributed by atoms with Crippen LogP contribution in [0, 0.1) is 18.2 Å². The van der Waals surface area contributed by atoms with Crippen LogP contribution in [-0.4, -0.2) is 5.71 Å². The summed E-state index contributed by atoms with van der Waals surface area (Å²) in [6.45, 7) is 8.98. The van der Waals surface area contributed by atoms with Crippen LogP contribution >= 0.6 is 0 Å². The van der Waals surface area contributed by atoms with E-state index in [0.29, 0.717) is 11.3 Å². The number of rotatable bonds is 2. The van der Waals surface area contributed by atoms with Crippen LogP contribution in [0.3, 0.4) is 0 Å². The molecule has 1 aromatic carbocycles. The Bertz CT molecular complexity index is 366. The molecule has 1 aromatic rings. The quantitative estimate of drug-likeness (QED) is 0.691. The minimum Gasteiger partial charge on any atom is -0.305 e. The van der Waals surface area contributed by atoms with Crippen LogP contribution in [0.15, 0.2) is 18.7 Å². The summed E-state index contributed by atoms with van der Waals surface area (Å²) in [5.74, 6) is -0.243. The van der Waals surface area contributed by atoms with Gasteiger partial charge in [-0.25, -0.2) is 4.39 Å². The highest BCUT2D eigenvalue weighted by atomic mass is 19.1. The Morgan fingerprint density at radius 3 is 2.29 bits per heavy atom. The lowest BCUT2D eigenvalue weighted by atomic mass is 9.96. The highest BCUT2D eigenvalue weighted by Gasteiger charge is 2.09. The predicted molar refractivity (Wildman–Crippen MR) is 58.3 cm³/mol. The van der Waals surface area contributed by atoms with Crippen LogP contribution in [0.4, 0.5) is 4.39 Å². The van der Waals surface area contributed by atoms with E-state index in [4.69, 9.17) is 5.41 Å². The molecule has 0 unspecified atom stereocenters. The van der Waals surface area contributed by atoms with Crippen LogP contribution in [0.5, 0.6) is 0 Å². The largest absolute Gasteiger partial charge is 0.305 e. The molecule has 74 valence electrons. The van der Waals surface area contributed by atoms with Crippen molar-refractivity contribution in [3.8, 4) is 0 Å². The first-order valence-corrected chi connectivity index (χ1v) is 4.45. The zero-order valence-corrected chi connectivity index (χ0v) is 8.74. The minimum atomic E-state index is -0.243. The monoisotopic (exact) mass is 191 g/mol. The molecular weight excluding hydrogens is 177 g/mol. The second-order valence-electron chi connectivity index (χ2n) is 3.55. The molecule has 0 atom stereocenters. The van der Waals surface area contributed by atoms with Gasteiger partial charge >= 0.3 is 0 Å². The third kappa shape index (κ3) is 1.90. The molecule has 0 fully saturated rings. The Labute approximate surface area is 83.8 Å². The summed E-state index contributed by atoms with van der Waals surface area (Å²) < 4.78 is 13.3. The van der Waals surface area contributed by atoms with E-state index < -0.39 is 0 Å². The van der Waals surface area contributed by atoms with E-state index in [9.17, 15) is 4.39 Å². The summed E-state index contributed by atoms with van der Waals surface area (Å²) in [7, 11) is 0. The predicted octanol–water partition coefficient (Wildman–Crippen LogP) is 3.55. The Morgan fingerprint density at radius 1 is 1.29 bits per heavy atom. The molecule has 0 spiro atoms. The van der Waals surface area contributed by atoms with E-state index in [1.807, 2.05) is 6.92 Å². The number of allylic oxidation sites excluding steroid dienone is 1. The fourth-order valence-corrected chi connectivity index (χ4v) is 1.34. The van der Waals surface area contributed by atoms with E-state index in [1.54, 1.807) is 19.9 Å². The van der Waals surface area contributed by atoms with Gasteiger partial charge in [0.2, 0.25) is 0 Å². The second kappa shape index (κ2) is 3.74. The molecule has 0 aliphatic carbocycles. The van der Waals surface area contributed by atoms with Gasteiger partial charge in [0.15, 0.2) is 0 Å². The van der Waals surface area contributed by atoms with Gasteiger partial charge in [-0.15, -0.1) is 0 Å². The first kappa shape index (κ1) is 10.6. The summed E-state index contributed by atoms with van der Waals surface area (Å²) in [5, 5.41) is 7.57. The van der Waals surface area contributed by atoms with Crippen molar-refractivity contribution in [2.75, 3.05) is 0 Å². The molecule has 1 rings (SSSR count). The molecule has 0 radical (unpaired) electrons. The van der Waals surface area contributed by atoms with Crippen LogP contribution in [0.2, 0.25) is 0 Å². The third-order valence-electron chi connectivity index (χ3n) is 2.16. The average Bonchev–Trinajstić information content (AvgIpc) is 2.08. The molecule has 2 heteroatoms. The van der Waals surface area contributed by atoms with Gasteiger partial charge in [-0.05, 0) is 44.0 Å². The van der Waals surface area contributed by atoms with E-state index >= 15 is 0 Å². The topological polar surface area (TPSA) is 23.9 Å². The maximum absolute atomic E-state index is 13.3. The Kier molecular flexibility index (Phi) is 2.84. The lowest BCUT2D eigenvalue weighted by molar-refractivity contribution is 0.618. The van der Waals surface area contributed by atoms with Crippen molar-refractivity contribution in [3.63, 3.8) is 0 Å². The van der Waals surface area contributed by atoms with Crippen molar-refractivity contribution in [3.05, 3.63) is 41.2 Å². The molecule has 0 aliphatic rings. The molecule has 0 aliphatic heterocycles. The van der Waals surface area contributed by atoms with Gasteiger partial charge in [0, 0.05) is 11.3 Å². The lowest BCUT2D eigenvalue weighted by Crippen LogP contribution is -2.00. The van der Waals surface area contributed by atoms with Gasteiger partial charge in [-0.1, -0.05) is 12.2 Å². The molecule has 0 bridgehead atoms. The van der Waals surface area contributed by atoms with Crippen molar-refractivity contribution >= 4 is 11.3 Å². The van der Waals surface area contributed by atoms with Crippen LogP contribution in [-0.2, 0) is 0 Å². The molecule has 1 N–H and O–H groups in total. The standard InChI is InChI=1S/C12H14FN/c1-7(2)10-6-12(13)8(3)5-11(10)9(4)14/h5-6,14H,1H2,2-4H3. The van der Waals surface area contributed by atoms with Gasteiger partial charge in [-0.3, -0.25) is 0 Å². The zero-order chi connectivity index (χ0) is 10.9. The van der Waals surface area contributed by atoms with E-state index in [2.05, 4.69) is 6.58 Å². The molecule has 0 aromatic heterocycles. The van der Waals surface area contributed by atoms with Crippen LogP contribution < -0.4 is 0 Å². The van der Waals surface area contributed by atoms with E-state index in [0.717, 1.165) is 16.7 Å². The molecule has 0 heterocycles. The highest BCUT2D eigenvalue weighted by Crippen LogP contribution is 2.21. The highest BCUT2D eigenvalue weighted by molar-refractivity contribution is 6.00. The summed E-state index contributed by atoms with van der Waals surface area (Å²) in [6, 6.07) is 3.15. The lowest BCUT2D eigenvalue weighted by Gasteiger charge is -2.10. The molecule has 0 amide bonds. The molecular formula is C12H14FN. The van der Waals surface area contributed by atoms with Gasteiger partial charge in [0.1, 0.15) is 5.82 Å². The maximum Gasteiger partial charge on any atom is 0.126 e. The fraction of sp³-hybridized carbons (Fsp3) is 0.250. The number of halogens is 1. The van der Waals surface area contributed by atoms with Crippen molar-refractivity contribution < 1.29 is 4.39 Å². The normalized spacial score (nSPS) is 10.0. The van der Waals surface area contributed by atoms with Crippen LogP contribution in [0.25, 0.3) is 5.57 Å². The number of aryl methyl sites for hydroxylation is 1. The summed E-state index contributed by atoms with van der Waals surface area (Å²) in [6.07, 6.45) is 0. The van der Waals surface area contributed by atoms with Crippen molar-refractivity contribution in [1.29, 1.82) is 5.41 Å². The summed E-state index contributed by atoms with van der Waals surface area (Å²) in [5.41, 5.74) is 3.27. The number of nitrogens with one attached hydrogen (secondary N) is 1. The molecule has 0 saturated carbocycles. The number of hydrogen-bond acceptors (Lipinski definition) is 1. The maximum atomic E-state index is 13.3. The summed E-state index contributed by atoms with van der Waals surface area (Å²) in [4.78, 5) is 0. The smallest absolute Gasteiger partial charge is 0.126 e. The van der Waals surface area contributed by atoms with Gasteiger partial charge in [0.05, 0.1) is 0 Å². The van der Waals surface area contributed by atoms with Gasteiger partial charge in [0.25, 0.3) is 0 Å². The van der Waals surface area contributed by atoms with E-state index in [1.165, 1.54) is 6.07 Å². The zero-order valence-electron chi connectivity index (χ0n) is 8.74. The molecule has 1 nitrogen and oxygen atoms in total. The van der Waals surface area contributed by atoms with Crippen LogP contribution in [0.1, 0.15) is 30.5 Å². The minimum absolute atomic E-state index is 0.243. The van der Waals surface area contributed by atoms with Gasteiger partial charge in [-0.2, -0.15) is 0 Å². The molecule has 14 heavy (non-hydrogen) atoms. The number of benzene rings is 1. The van der Waals surface area contributed by atoms with Crippen molar-refractivity contribution in [1.82, 2.24) is 0 Å². The Hall–Kier alpha value is -1.44. The fourth-order valence-electron chi connectivity index (χ4n) is 1.34. The van der Waals surface area contributed by atoms with Crippen molar-refractivity contribution in [2.45, 2.75) is 20.8 Å². The first-order valence-electron chi connectivity index (χ1n) is 4.45. The average molecular weight is 191 g/mol. The van der Waals surface area contributed by atoms with E-state index in [-0.39, 0.29) is 5.82 Å². The summed E-state index contributed by atoms with van der Waals surface area (Å²) >= 11 is 0. The first-order chi connectivity index (χ1) is 6.43. The Balaban J connectivity index is 3.46. The second-order valence-corrected chi connectivity index (χ2v) is 3.55. The SMILES string of the molecule is C=C(C)c1cc(F)c(C)cc1C(C)=N. The molecule has 0 saturated heterocycles. The van der Waals surface area contributed by atoms with Crippen molar-refractivity contribution in [2.24, 2.45) is 0 Å². The third-order valence-corrected chi connectivity index (χ3v) is 2.16. The number of hydrogen-bond donors (Lipinski definition) is 1. The van der Waals surface area contributed by atoms with Gasteiger partial charge < -0.3 is 5.41 Å².